The Morgan fingerprint density at radius 3 is 1.47 bits per heavy atom. The lowest BCUT2D eigenvalue weighted by molar-refractivity contribution is -0.157. The van der Waals surface area contributed by atoms with Gasteiger partial charge in [0.2, 0.25) is 5.91 Å². The van der Waals surface area contributed by atoms with Gasteiger partial charge < -0.3 is 15.5 Å². The number of unbranched alkanes of at least 4 members (excludes halogenated alkanes) is 15. The first-order valence-corrected chi connectivity index (χ1v) is 15.0. The quantitative estimate of drug-likeness (QED) is 0.0803. The van der Waals surface area contributed by atoms with Gasteiger partial charge in [-0.15, -0.1) is 0 Å². The van der Waals surface area contributed by atoms with Crippen molar-refractivity contribution in [3.05, 3.63) is 0 Å². The third-order valence-electron chi connectivity index (χ3n) is 7.30. The summed E-state index contributed by atoms with van der Waals surface area (Å²) in [4.78, 5) is 36.1. The maximum Gasteiger partial charge on any atom is 0.319 e. The molecule has 1 atom stereocenters. The molecule has 0 unspecified atom stereocenters. The SMILES string of the molecule is CCCCCCCCCCC[C@@](CCCCCCCCCCC(=O)O)(C(=O)O)C(=O)NCCC(C)C. The molecule has 0 aromatic heterocycles. The number of carboxylic acids is 2. The van der Waals surface area contributed by atoms with Crippen LogP contribution in [0.25, 0.3) is 0 Å². The number of nitrogens with one attached hydrogen (secondary N) is 1. The van der Waals surface area contributed by atoms with Gasteiger partial charge >= 0.3 is 11.9 Å². The zero-order valence-electron chi connectivity index (χ0n) is 23.8. The average molecular weight is 512 g/mol. The van der Waals surface area contributed by atoms with Crippen LogP contribution in [0.2, 0.25) is 0 Å². The number of rotatable bonds is 26. The van der Waals surface area contributed by atoms with E-state index in [1.54, 1.807) is 0 Å². The molecule has 0 saturated carbocycles. The Bertz CT molecular complexity index is 578. The molecule has 0 aliphatic carbocycles. The zero-order chi connectivity index (χ0) is 27.1. The lowest BCUT2D eigenvalue weighted by Gasteiger charge is -2.29. The Kier molecular flexibility index (Phi) is 21.6. The molecule has 36 heavy (non-hydrogen) atoms. The second kappa shape index (κ2) is 22.6. The molecular formula is C30H57NO5. The molecule has 6 heteroatoms. The number of carboxylic acid groups (broad SMARTS) is 2. The van der Waals surface area contributed by atoms with Gasteiger partial charge in [0, 0.05) is 13.0 Å². The summed E-state index contributed by atoms with van der Waals surface area (Å²) < 4.78 is 0. The first-order chi connectivity index (χ1) is 17.3. The molecule has 0 bridgehead atoms. The Balaban J connectivity index is 4.56. The molecule has 0 aliphatic rings. The first kappa shape index (κ1) is 34.4. The molecule has 0 rings (SSSR count). The average Bonchev–Trinajstić information content (AvgIpc) is 2.82. The van der Waals surface area contributed by atoms with Crippen LogP contribution in [0.3, 0.4) is 0 Å². The van der Waals surface area contributed by atoms with E-state index in [0.29, 0.717) is 25.3 Å². The minimum atomic E-state index is -1.31. The van der Waals surface area contributed by atoms with Crippen molar-refractivity contribution >= 4 is 17.8 Å². The fourth-order valence-corrected chi connectivity index (χ4v) is 4.81. The van der Waals surface area contributed by atoms with Crippen molar-refractivity contribution in [1.82, 2.24) is 5.32 Å². The maximum atomic E-state index is 13.1. The Morgan fingerprint density at radius 1 is 0.667 bits per heavy atom. The first-order valence-electron chi connectivity index (χ1n) is 15.0. The van der Waals surface area contributed by atoms with E-state index >= 15 is 0 Å². The summed E-state index contributed by atoms with van der Waals surface area (Å²) >= 11 is 0. The van der Waals surface area contributed by atoms with Crippen molar-refractivity contribution in [2.24, 2.45) is 11.3 Å². The van der Waals surface area contributed by atoms with E-state index in [-0.39, 0.29) is 12.3 Å². The number of hydrogen-bond acceptors (Lipinski definition) is 3. The molecule has 0 fully saturated rings. The number of carbonyl (C=O) groups excluding carboxylic acids is 1. The van der Waals surface area contributed by atoms with E-state index in [1.165, 1.54) is 38.5 Å². The van der Waals surface area contributed by atoms with Gasteiger partial charge in [0.1, 0.15) is 5.41 Å². The van der Waals surface area contributed by atoms with E-state index in [9.17, 15) is 19.5 Å². The van der Waals surface area contributed by atoms with E-state index < -0.39 is 17.4 Å². The summed E-state index contributed by atoms with van der Waals surface area (Å²) in [6.07, 6.45) is 20.0. The highest BCUT2D eigenvalue weighted by Gasteiger charge is 2.44. The second-order valence-electron chi connectivity index (χ2n) is 11.1. The van der Waals surface area contributed by atoms with Crippen molar-refractivity contribution < 1.29 is 24.6 Å². The monoisotopic (exact) mass is 511 g/mol. The summed E-state index contributed by atoms with van der Waals surface area (Å²) in [6, 6.07) is 0. The predicted octanol–water partition coefficient (Wildman–Crippen LogP) is 8.13. The predicted molar refractivity (Wildman–Crippen MR) is 148 cm³/mol. The molecule has 0 heterocycles. The van der Waals surface area contributed by atoms with Crippen molar-refractivity contribution in [3.8, 4) is 0 Å². The third-order valence-corrected chi connectivity index (χ3v) is 7.30. The van der Waals surface area contributed by atoms with E-state index in [0.717, 1.165) is 77.0 Å². The van der Waals surface area contributed by atoms with Crippen LogP contribution in [0.4, 0.5) is 0 Å². The number of amides is 1. The molecule has 0 saturated heterocycles. The second-order valence-corrected chi connectivity index (χ2v) is 11.1. The van der Waals surface area contributed by atoms with Crippen LogP contribution >= 0.6 is 0 Å². The molecule has 1 amide bonds. The van der Waals surface area contributed by atoms with Gasteiger partial charge in [-0.25, -0.2) is 0 Å². The molecule has 0 aromatic rings. The highest BCUT2D eigenvalue weighted by Crippen LogP contribution is 2.33. The highest BCUT2D eigenvalue weighted by atomic mass is 16.4. The van der Waals surface area contributed by atoms with Crippen LogP contribution in [0.1, 0.15) is 156 Å². The molecule has 0 radical (unpaired) electrons. The van der Waals surface area contributed by atoms with Crippen LogP contribution in [0.15, 0.2) is 0 Å². The van der Waals surface area contributed by atoms with Crippen LogP contribution in [-0.2, 0) is 14.4 Å². The van der Waals surface area contributed by atoms with Gasteiger partial charge in [-0.05, 0) is 31.6 Å². The largest absolute Gasteiger partial charge is 0.481 e. The topological polar surface area (TPSA) is 104 Å². The Hall–Kier alpha value is -1.59. The van der Waals surface area contributed by atoms with E-state index in [1.807, 2.05) is 0 Å². The summed E-state index contributed by atoms with van der Waals surface area (Å²) in [5.74, 6) is -1.53. The van der Waals surface area contributed by atoms with Gasteiger partial charge in [-0.1, -0.05) is 124 Å². The third kappa shape index (κ3) is 17.8. The zero-order valence-corrected chi connectivity index (χ0v) is 23.8. The van der Waals surface area contributed by atoms with Gasteiger partial charge in [-0.2, -0.15) is 0 Å². The molecule has 3 N–H and O–H groups in total. The van der Waals surface area contributed by atoms with Crippen LogP contribution < -0.4 is 5.32 Å². The van der Waals surface area contributed by atoms with Crippen molar-refractivity contribution in [2.45, 2.75) is 156 Å². The maximum absolute atomic E-state index is 13.1. The van der Waals surface area contributed by atoms with Gasteiger partial charge in [0.25, 0.3) is 0 Å². The van der Waals surface area contributed by atoms with Crippen LogP contribution in [0, 0.1) is 11.3 Å². The van der Waals surface area contributed by atoms with Crippen LogP contribution in [0.5, 0.6) is 0 Å². The van der Waals surface area contributed by atoms with Gasteiger partial charge in [0.15, 0.2) is 0 Å². The fraction of sp³-hybridized carbons (Fsp3) is 0.900. The Morgan fingerprint density at radius 2 is 1.08 bits per heavy atom. The molecule has 0 spiro atoms. The minimum absolute atomic E-state index is 0.245. The highest BCUT2D eigenvalue weighted by molar-refractivity contribution is 6.01. The summed E-state index contributed by atoms with van der Waals surface area (Å²) in [7, 11) is 0. The number of carbonyl (C=O) groups is 3. The van der Waals surface area contributed by atoms with E-state index in [2.05, 4.69) is 26.1 Å². The summed E-state index contributed by atoms with van der Waals surface area (Å²) in [5, 5.41) is 21.8. The number of aliphatic carboxylic acids is 2. The molecule has 212 valence electrons. The molecule has 0 aliphatic heterocycles. The van der Waals surface area contributed by atoms with Crippen molar-refractivity contribution in [2.75, 3.05) is 6.54 Å². The lowest BCUT2D eigenvalue weighted by Crippen LogP contribution is -2.47. The van der Waals surface area contributed by atoms with Gasteiger partial charge in [0.05, 0.1) is 0 Å². The summed E-state index contributed by atoms with van der Waals surface area (Å²) in [6.45, 7) is 6.96. The standard InChI is InChI=1S/C30H57NO5/c1-4-5-6-7-8-10-13-16-19-23-30(29(35)36,28(34)31-25-22-26(2)3)24-20-17-14-11-9-12-15-18-21-27(32)33/h26H,4-25H2,1-3H3,(H,31,34)(H,32,33)(H,35,36)/t30-/m0/s1. The fourth-order valence-electron chi connectivity index (χ4n) is 4.81. The smallest absolute Gasteiger partial charge is 0.319 e. The lowest BCUT2D eigenvalue weighted by atomic mass is 9.76. The Labute approximate surface area is 221 Å². The molecular weight excluding hydrogens is 454 g/mol. The summed E-state index contributed by atoms with van der Waals surface area (Å²) in [5.41, 5.74) is -1.31. The van der Waals surface area contributed by atoms with Gasteiger partial charge in [-0.3, -0.25) is 14.4 Å². The normalized spacial score (nSPS) is 13.0. The van der Waals surface area contributed by atoms with Crippen molar-refractivity contribution in [1.29, 1.82) is 0 Å². The van der Waals surface area contributed by atoms with Crippen molar-refractivity contribution in [3.63, 3.8) is 0 Å². The number of hydrogen-bond donors (Lipinski definition) is 3. The molecule has 0 aromatic carbocycles. The van der Waals surface area contributed by atoms with Crippen LogP contribution in [-0.4, -0.2) is 34.6 Å². The molecule has 6 nitrogen and oxygen atoms in total. The van der Waals surface area contributed by atoms with E-state index in [4.69, 9.17) is 5.11 Å². The minimum Gasteiger partial charge on any atom is -0.481 e.